The summed E-state index contributed by atoms with van der Waals surface area (Å²) in [6.07, 6.45) is 4.81. The van der Waals surface area contributed by atoms with Gasteiger partial charge in [-0.3, -0.25) is 9.36 Å². The van der Waals surface area contributed by atoms with E-state index in [4.69, 9.17) is 11.6 Å². The average molecular weight is 276 g/mol. The molecule has 0 spiro atoms. The Balaban J connectivity index is 3.61. The first-order chi connectivity index (χ1) is 6.61. The Hall–Kier alpha value is -0.870. The molecule has 5 heteroatoms. The van der Waals surface area contributed by atoms with Crippen molar-refractivity contribution in [1.29, 1.82) is 0 Å². The number of hydrogen-bond donors (Lipinski definition) is 0. The smallest absolute Gasteiger partial charge is 0.268 e. The zero-order valence-electron chi connectivity index (χ0n) is 7.50. The van der Waals surface area contributed by atoms with Crippen LogP contribution in [0, 0.1) is 0 Å². The topological polar surface area (TPSA) is 34.9 Å². The van der Waals surface area contributed by atoms with Crippen molar-refractivity contribution in [3.05, 3.63) is 38.5 Å². The molecule has 0 aliphatic rings. The Kier molecular flexibility index (Phi) is 3.66. The van der Waals surface area contributed by atoms with Crippen molar-refractivity contribution in [1.82, 2.24) is 9.55 Å². The van der Waals surface area contributed by atoms with E-state index in [0.717, 1.165) is 0 Å². The zero-order valence-corrected chi connectivity index (χ0v) is 9.84. The van der Waals surface area contributed by atoms with Crippen LogP contribution in [0.2, 0.25) is 5.15 Å². The maximum absolute atomic E-state index is 11.7. The van der Waals surface area contributed by atoms with Crippen LogP contribution in [0.3, 0.4) is 0 Å². The van der Waals surface area contributed by atoms with Crippen molar-refractivity contribution in [3.63, 3.8) is 0 Å². The van der Waals surface area contributed by atoms with Crippen LogP contribution in [-0.2, 0) is 0 Å². The highest BCUT2D eigenvalue weighted by atomic mass is 79.9. The Bertz CT molecular complexity index is 451. The van der Waals surface area contributed by atoms with E-state index in [0.29, 0.717) is 5.82 Å². The fourth-order valence-electron chi connectivity index (χ4n) is 0.939. The second-order valence-electron chi connectivity index (χ2n) is 2.44. The van der Waals surface area contributed by atoms with E-state index >= 15 is 0 Å². The van der Waals surface area contributed by atoms with Gasteiger partial charge in [-0.15, -0.1) is 0 Å². The van der Waals surface area contributed by atoms with Gasteiger partial charge >= 0.3 is 0 Å². The highest BCUT2D eigenvalue weighted by Crippen LogP contribution is 2.16. The van der Waals surface area contributed by atoms with Crippen LogP contribution < -0.4 is 5.56 Å². The van der Waals surface area contributed by atoms with Crippen molar-refractivity contribution in [2.45, 2.75) is 6.92 Å². The van der Waals surface area contributed by atoms with E-state index in [1.807, 2.05) is 6.92 Å². The van der Waals surface area contributed by atoms with Gasteiger partial charge in [0.15, 0.2) is 5.15 Å². The SMILES string of the molecule is C=Cc1nc(Cl)c(Br)c(=O)n1/C=C\C. The summed E-state index contributed by atoms with van der Waals surface area (Å²) in [5.74, 6) is 0.418. The van der Waals surface area contributed by atoms with Gasteiger partial charge in [0.1, 0.15) is 10.3 Å². The number of aromatic nitrogens is 2. The molecule has 0 radical (unpaired) electrons. The number of halogens is 2. The maximum atomic E-state index is 11.7. The molecule has 74 valence electrons. The maximum Gasteiger partial charge on any atom is 0.273 e. The van der Waals surface area contributed by atoms with Gasteiger partial charge in [0.2, 0.25) is 0 Å². The average Bonchev–Trinajstić information content (AvgIpc) is 2.19. The minimum absolute atomic E-state index is 0.144. The lowest BCUT2D eigenvalue weighted by Gasteiger charge is -2.05. The molecular weight excluding hydrogens is 267 g/mol. The van der Waals surface area contributed by atoms with E-state index in [1.165, 1.54) is 10.6 Å². The molecule has 0 atom stereocenters. The summed E-state index contributed by atoms with van der Waals surface area (Å²) >= 11 is 8.79. The molecule has 0 aliphatic heterocycles. The van der Waals surface area contributed by atoms with Crippen LogP contribution in [0.4, 0.5) is 0 Å². The molecule has 0 aromatic carbocycles. The molecule has 1 aromatic rings. The van der Waals surface area contributed by atoms with Gasteiger partial charge in [-0.25, -0.2) is 4.98 Å². The number of allylic oxidation sites excluding steroid dienone is 1. The number of hydrogen-bond acceptors (Lipinski definition) is 2. The number of nitrogens with zero attached hydrogens (tertiary/aromatic N) is 2. The van der Waals surface area contributed by atoms with Gasteiger partial charge in [0, 0.05) is 6.20 Å². The summed E-state index contributed by atoms with van der Waals surface area (Å²) in [5.41, 5.74) is -0.252. The van der Waals surface area contributed by atoms with Gasteiger partial charge in [0.25, 0.3) is 5.56 Å². The lowest BCUT2D eigenvalue weighted by Crippen LogP contribution is -2.20. The van der Waals surface area contributed by atoms with Crippen LogP contribution in [0.1, 0.15) is 12.7 Å². The molecule has 0 unspecified atom stereocenters. The Morgan fingerprint density at radius 2 is 2.29 bits per heavy atom. The second kappa shape index (κ2) is 4.57. The summed E-state index contributed by atoms with van der Waals surface area (Å²) in [5, 5.41) is 0.144. The molecule has 0 aliphatic carbocycles. The van der Waals surface area contributed by atoms with Crippen molar-refractivity contribution in [2.75, 3.05) is 0 Å². The first-order valence-electron chi connectivity index (χ1n) is 3.84. The summed E-state index contributed by atoms with van der Waals surface area (Å²) in [6, 6.07) is 0. The molecule has 0 fully saturated rings. The van der Waals surface area contributed by atoms with Gasteiger partial charge < -0.3 is 0 Å². The monoisotopic (exact) mass is 274 g/mol. The molecule has 0 saturated heterocycles. The van der Waals surface area contributed by atoms with Crippen molar-refractivity contribution in [2.24, 2.45) is 0 Å². The quantitative estimate of drug-likeness (QED) is 0.778. The molecule has 1 heterocycles. The molecule has 14 heavy (non-hydrogen) atoms. The molecule has 0 bridgehead atoms. The Morgan fingerprint density at radius 1 is 1.64 bits per heavy atom. The van der Waals surface area contributed by atoms with E-state index < -0.39 is 0 Å². The van der Waals surface area contributed by atoms with Gasteiger partial charge in [-0.2, -0.15) is 0 Å². The fourth-order valence-corrected chi connectivity index (χ4v) is 1.39. The molecule has 1 aromatic heterocycles. The first kappa shape index (κ1) is 11.2. The van der Waals surface area contributed by atoms with E-state index in [1.54, 1.807) is 12.3 Å². The predicted octanol–water partition coefficient (Wildman–Crippen LogP) is 2.79. The van der Waals surface area contributed by atoms with Crippen LogP contribution in [-0.4, -0.2) is 9.55 Å². The van der Waals surface area contributed by atoms with Crippen molar-refractivity contribution >= 4 is 39.8 Å². The molecule has 0 amide bonds. The van der Waals surface area contributed by atoms with E-state index in [9.17, 15) is 4.79 Å². The summed E-state index contributed by atoms with van der Waals surface area (Å²) in [4.78, 5) is 15.6. The lowest BCUT2D eigenvalue weighted by atomic mass is 10.5. The molecule has 1 rings (SSSR count). The third-order valence-corrected chi connectivity index (χ3v) is 2.74. The molecular formula is C9H8BrClN2O. The van der Waals surface area contributed by atoms with Crippen molar-refractivity contribution in [3.8, 4) is 0 Å². The Morgan fingerprint density at radius 3 is 2.79 bits per heavy atom. The second-order valence-corrected chi connectivity index (χ2v) is 3.59. The fraction of sp³-hybridized carbons (Fsp3) is 0.111. The van der Waals surface area contributed by atoms with Crippen LogP contribution >= 0.6 is 27.5 Å². The number of rotatable bonds is 2. The largest absolute Gasteiger partial charge is 0.273 e. The van der Waals surface area contributed by atoms with Gasteiger partial charge in [0.05, 0.1) is 0 Å². The van der Waals surface area contributed by atoms with E-state index in [-0.39, 0.29) is 15.2 Å². The Labute approximate surface area is 94.9 Å². The minimum Gasteiger partial charge on any atom is -0.268 e. The molecule has 0 saturated carbocycles. The zero-order chi connectivity index (χ0) is 10.7. The van der Waals surface area contributed by atoms with Gasteiger partial charge in [-0.05, 0) is 28.9 Å². The highest BCUT2D eigenvalue weighted by molar-refractivity contribution is 9.10. The third-order valence-electron chi connectivity index (χ3n) is 1.53. The van der Waals surface area contributed by atoms with Gasteiger partial charge in [-0.1, -0.05) is 24.3 Å². The summed E-state index contributed by atoms with van der Waals surface area (Å²) in [7, 11) is 0. The third kappa shape index (κ3) is 1.96. The molecule has 3 nitrogen and oxygen atoms in total. The highest BCUT2D eigenvalue weighted by Gasteiger charge is 2.09. The predicted molar refractivity (Wildman–Crippen MR) is 62.3 cm³/mol. The minimum atomic E-state index is -0.252. The normalized spacial score (nSPS) is 10.8. The van der Waals surface area contributed by atoms with Crippen LogP contribution in [0.25, 0.3) is 12.3 Å². The molecule has 0 N–H and O–H groups in total. The standard InChI is InChI=1S/C9H8BrClN2O/c1-3-5-13-6(4-2)12-8(11)7(10)9(13)14/h3-5H,2H2,1H3/b5-3-. The van der Waals surface area contributed by atoms with E-state index in [2.05, 4.69) is 27.5 Å². The summed E-state index contributed by atoms with van der Waals surface area (Å²) < 4.78 is 1.62. The lowest BCUT2D eigenvalue weighted by molar-refractivity contribution is 0.953. The van der Waals surface area contributed by atoms with Crippen LogP contribution in [0.5, 0.6) is 0 Å². The first-order valence-corrected chi connectivity index (χ1v) is 5.01. The summed E-state index contributed by atoms with van der Waals surface area (Å²) in [6.45, 7) is 5.36. The van der Waals surface area contributed by atoms with Crippen molar-refractivity contribution < 1.29 is 0 Å². The van der Waals surface area contributed by atoms with Crippen LogP contribution in [0.15, 0.2) is 21.9 Å².